The van der Waals surface area contributed by atoms with Gasteiger partial charge in [0.05, 0.1) is 50.5 Å². The fourth-order valence-electron chi connectivity index (χ4n) is 6.25. The van der Waals surface area contributed by atoms with Crippen LogP contribution in [0.25, 0.3) is 12.2 Å². The number of carboxylic acid groups (broad SMARTS) is 1. The number of methoxy groups -OCH3 is 2. The van der Waals surface area contributed by atoms with Crippen molar-refractivity contribution in [3.8, 4) is 0 Å². The number of anilines is 6. The summed E-state index contributed by atoms with van der Waals surface area (Å²) in [6.07, 6.45) is 3.97. The van der Waals surface area contributed by atoms with Gasteiger partial charge >= 0.3 is 135 Å². The molecule has 24 nitrogen and oxygen atoms in total. The van der Waals surface area contributed by atoms with Gasteiger partial charge in [-0.1, -0.05) is 42.1 Å². The van der Waals surface area contributed by atoms with Crippen molar-refractivity contribution >= 4 is 80.2 Å². The van der Waals surface area contributed by atoms with Crippen LogP contribution in [0.3, 0.4) is 0 Å². The van der Waals surface area contributed by atoms with Crippen LogP contribution in [0.5, 0.6) is 0 Å². The number of ether oxygens (including phenoxy) is 4. The molecule has 6 aromatic rings. The summed E-state index contributed by atoms with van der Waals surface area (Å²) < 4.78 is 84.6. The van der Waals surface area contributed by atoms with Crippen molar-refractivity contribution in [1.29, 1.82) is 0 Å². The molecule has 0 fully saturated rings. The van der Waals surface area contributed by atoms with E-state index < -0.39 is 31.6 Å². The molecule has 2 atom stereocenters. The Morgan fingerprint density at radius 1 is 0.679 bits per heavy atom. The van der Waals surface area contributed by atoms with Gasteiger partial charge in [0, 0.05) is 38.4 Å². The number of nitrogens with one attached hydrogen (secondary N) is 4. The Morgan fingerprint density at radius 3 is 1.62 bits per heavy atom. The van der Waals surface area contributed by atoms with Crippen molar-refractivity contribution in [1.82, 2.24) is 29.9 Å². The van der Waals surface area contributed by atoms with Crippen molar-refractivity contribution in [3.63, 3.8) is 0 Å². The number of carbonyl (C=O) groups excluding carboxylic acids is 3. The third-order valence-electron chi connectivity index (χ3n) is 9.48. The average molecular weight is 1150 g/mol. The number of hydrogen-bond donors (Lipinski definition) is 4. The first-order valence-corrected chi connectivity index (χ1v) is 24.4. The van der Waals surface area contributed by atoms with E-state index in [9.17, 15) is 22.9 Å². The summed E-state index contributed by atoms with van der Waals surface area (Å²) in [5.41, 5.74) is 3.37. The second kappa shape index (κ2) is 40.3. The second-order valence-electron chi connectivity index (χ2n) is 15.4. The van der Waals surface area contributed by atoms with Gasteiger partial charge < -0.3 is 54.7 Å². The third-order valence-corrected chi connectivity index (χ3v) is 10.4. The average Bonchev–Trinajstić information content (AvgIpc) is 3.34. The molecule has 0 saturated heterocycles. The maximum atomic E-state index is 12.6. The molecule has 2 heterocycles. The Labute approximate surface area is 541 Å². The van der Waals surface area contributed by atoms with Crippen molar-refractivity contribution < 1.29 is 182 Å². The zero-order valence-corrected chi connectivity index (χ0v) is 53.9. The molecule has 0 aliphatic heterocycles. The van der Waals surface area contributed by atoms with E-state index in [4.69, 9.17) is 41.2 Å². The molecule has 4 aromatic carbocycles. The zero-order chi connectivity index (χ0) is 53.9. The molecular formula is C48H50N10Na4O14S2. The summed E-state index contributed by atoms with van der Waals surface area (Å²) in [4.78, 5) is 54.5. The molecule has 78 heavy (non-hydrogen) atoms. The number of hydrogen-bond acceptors (Lipinski definition) is 24. The number of carboxylic acids is 1. The van der Waals surface area contributed by atoms with E-state index in [0.717, 1.165) is 11.3 Å². The van der Waals surface area contributed by atoms with E-state index in [-0.39, 0.29) is 172 Å². The zero-order valence-electron chi connectivity index (χ0n) is 44.3. The number of aromatic nitrogens is 6. The topological polar surface area (TPSA) is 345 Å². The van der Waals surface area contributed by atoms with Gasteiger partial charge in [-0.2, -0.15) is 63.3 Å². The molecule has 0 aliphatic carbocycles. The summed E-state index contributed by atoms with van der Waals surface area (Å²) in [6.45, 7) is 6.34. The third kappa shape index (κ3) is 29.0. The van der Waals surface area contributed by atoms with Gasteiger partial charge in [0.2, 0.25) is 23.8 Å². The summed E-state index contributed by atoms with van der Waals surface area (Å²) in [5.74, 6) is 0.496. The Morgan fingerprint density at radius 2 is 1.15 bits per heavy atom. The first-order valence-electron chi connectivity index (χ1n) is 22.0. The summed E-state index contributed by atoms with van der Waals surface area (Å²) >= 11 is 0. The largest absolute Gasteiger partial charge is 1.00 e. The first-order chi connectivity index (χ1) is 35.5. The van der Waals surface area contributed by atoms with E-state index in [2.05, 4.69) is 63.3 Å². The fourth-order valence-corrected chi connectivity index (χ4v) is 6.94. The summed E-state index contributed by atoms with van der Waals surface area (Å²) in [6, 6.07) is 29.0. The number of aromatic carboxylic acids is 1. The van der Waals surface area contributed by atoms with Crippen LogP contribution >= 0.6 is 0 Å². The van der Waals surface area contributed by atoms with Crippen LogP contribution in [0.2, 0.25) is 0 Å². The van der Waals surface area contributed by atoms with Crippen LogP contribution < -0.4 is 145 Å². The summed E-state index contributed by atoms with van der Waals surface area (Å²) in [7, 11) is -4.87. The monoisotopic (exact) mass is 1150 g/mol. The fraction of sp³-hybridized carbons (Fsp3) is 0.292. The van der Waals surface area contributed by atoms with E-state index in [1.165, 1.54) is 30.3 Å². The van der Waals surface area contributed by atoms with Gasteiger partial charge in [0.1, 0.15) is 21.8 Å². The van der Waals surface area contributed by atoms with Crippen LogP contribution in [-0.2, 0) is 62.1 Å². The molecule has 392 valence electrons. The van der Waals surface area contributed by atoms with Crippen LogP contribution in [0, 0.1) is 12.1 Å². The van der Waals surface area contributed by atoms with Crippen molar-refractivity contribution in [2.24, 2.45) is 0 Å². The molecule has 4 N–H and O–H groups in total. The Kier molecular flexibility index (Phi) is 38.2. The standard InChI is InChI=1S/C47H52N10O9S.CO2.4Na.O3S/c1-31(29-65-24-22-63-3)48-44-52-41(54-46(56-44)50-38-8-6-5-7-9-38)26-34-12-10-33(11-13-34)14-17-36-20-21-39(28-40(36)67(60,61)62)51-47-55-42(27-35-15-18-37(19-16-35)43(58)59)53-45(57-47)49-32(2)30-66-25-23-64-4;2-1-3;;;;;1-4(2)3/h6-10,12-21,28,31-32H,22-27,29-30H2,1-4H3,(H,58,59)(H,60,61,62)(H2,48,50,52,54,56)(H2,49,51,53,55,57);;;;;;/q-2;;4*+1;/p-2/b17-14+;;;;;;. The number of rotatable bonds is 26. The smallest absolute Gasteiger partial charge is 0.744 e. The minimum Gasteiger partial charge on any atom is -0.744 e. The van der Waals surface area contributed by atoms with Gasteiger partial charge in [0.15, 0.2) is 0 Å². The van der Waals surface area contributed by atoms with Crippen LogP contribution in [0.15, 0.2) is 89.8 Å². The molecule has 2 aromatic heterocycles. The van der Waals surface area contributed by atoms with Gasteiger partial charge in [-0.15, -0.1) is 60.7 Å². The van der Waals surface area contributed by atoms with Crippen molar-refractivity contribution in [2.45, 2.75) is 43.7 Å². The van der Waals surface area contributed by atoms with E-state index in [1.54, 1.807) is 62.8 Å². The predicted molar refractivity (Wildman–Crippen MR) is 263 cm³/mol. The maximum Gasteiger partial charge on any atom is 1.00 e. The van der Waals surface area contributed by atoms with Gasteiger partial charge in [-0.25, -0.2) is 8.42 Å². The van der Waals surface area contributed by atoms with Crippen LogP contribution in [0.1, 0.15) is 58.1 Å². The van der Waals surface area contributed by atoms with E-state index >= 15 is 0 Å². The molecule has 0 saturated carbocycles. The molecule has 0 aliphatic rings. The molecule has 0 bridgehead atoms. The van der Waals surface area contributed by atoms with E-state index in [0.29, 0.717) is 80.7 Å². The molecular weight excluding hydrogens is 1100 g/mol. The Balaban J connectivity index is 0.00000509. The quantitative estimate of drug-likeness (QED) is 0.0129. The van der Waals surface area contributed by atoms with Gasteiger partial charge in [0.25, 0.3) is 0 Å². The molecule has 30 heteroatoms. The predicted octanol–water partition coefficient (Wildman–Crippen LogP) is -8.88. The maximum absolute atomic E-state index is 12.6. The minimum absolute atomic E-state index is 0. The van der Waals surface area contributed by atoms with E-state index in [1.807, 2.05) is 32.0 Å². The molecule has 0 amide bonds. The number of nitrogens with zero attached hydrogens (tertiary/aromatic N) is 6. The molecule has 6 rings (SSSR count). The van der Waals surface area contributed by atoms with Crippen molar-refractivity contribution in [3.05, 3.63) is 137 Å². The molecule has 0 radical (unpaired) electrons. The minimum atomic E-state index is -4.96. The van der Waals surface area contributed by atoms with Crippen LogP contribution in [0.4, 0.5) is 35.2 Å². The van der Waals surface area contributed by atoms with Crippen molar-refractivity contribution in [2.75, 3.05) is 75.1 Å². The van der Waals surface area contributed by atoms with Gasteiger partial charge in [-0.05, 0) is 49.1 Å². The normalized spacial score (nSPS) is 11.1. The van der Waals surface area contributed by atoms with Gasteiger partial charge in [-0.3, -0.25) is 0 Å². The summed E-state index contributed by atoms with van der Waals surface area (Å²) in [5, 5.41) is 24.0. The SMILES string of the molecule is COCCOCC(C)Nc1nc(Cc2c[c-]c(/C=C/c3ccc(Nc4nc(Cc5ccc(C(=O)[O-])cc5)nc(NC(C)COCCOC)n4)cc3S(=O)(=O)[O-])cc2)nc(Nc2cc[c-]cc2)n1.O=C=O.O=S(=O)=O.[Na+].[Na+].[Na+].[Na+]. The second-order valence-corrected chi connectivity index (χ2v) is 17.1. The number of carbonyl (C=O) groups is 1. The Hall–Kier alpha value is -3.94. The first kappa shape index (κ1) is 74.1. The Bertz CT molecular complexity index is 3040. The molecule has 0 spiro atoms. The molecule has 2 unspecified atom stereocenters. The number of benzene rings is 4. The van der Waals surface area contributed by atoms with Crippen LogP contribution in [-0.4, -0.2) is 134 Å².